The van der Waals surface area contributed by atoms with Crippen LogP contribution in [0, 0.1) is 5.82 Å². The molecule has 0 unspecified atom stereocenters. The predicted molar refractivity (Wildman–Crippen MR) is 56.4 cm³/mol. The Morgan fingerprint density at radius 1 is 1.43 bits per heavy atom. The van der Waals surface area contributed by atoms with E-state index in [2.05, 4.69) is 6.58 Å². The molecule has 1 nitrogen and oxygen atoms in total. The van der Waals surface area contributed by atoms with Crippen LogP contribution in [-0.2, 0) is 12.0 Å². The second-order valence-electron chi connectivity index (χ2n) is 4.26. The number of hydrogen-bond donors (Lipinski definition) is 1. The largest absolute Gasteiger partial charge is 0.326 e. The maximum Gasteiger partial charge on any atom is 0.127 e. The number of hydrogen-bond acceptors (Lipinski definition) is 1. The van der Waals surface area contributed by atoms with Gasteiger partial charge < -0.3 is 5.73 Å². The normalized spacial score (nSPS) is 17.6. The monoisotopic (exact) mass is 191 g/mol. The molecule has 0 saturated heterocycles. The molecule has 0 aromatic heterocycles. The third kappa shape index (κ3) is 0.919. The average Bonchev–Trinajstić information content (AvgIpc) is 2.16. The summed E-state index contributed by atoms with van der Waals surface area (Å²) in [5.41, 5.74) is 9.05. The molecule has 1 aliphatic rings. The summed E-state index contributed by atoms with van der Waals surface area (Å²) in [6.45, 7) is 8.40. The van der Waals surface area contributed by atoms with Crippen molar-refractivity contribution in [3.8, 4) is 0 Å². The topological polar surface area (TPSA) is 26.0 Å². The fraction of sp³-hybridized carbons (Fsp3) is 0.333. The van der Waals surface area contributed by atoms with E-state index >= 15 is 0 Å². The third-order valence-electron chi connectivity index (χ3n) is 3.14. The van der Waals surface area contributed by atoms with Gasteiger partial charge in [-0.2, -0.15) is 0 Å². The number of rotatable bonds is 1. The van der Waals surface area contributed by atoms with E-state index in [1.165, 1.54) is 6.07 Å². The van der Waals surface area contributed by atoms with E-state index in [0.29, 0.717) is 6.54 Å². The van der Waals surface area contributed by atoms with Crippen molar-refractivity contribution in [1.82, 2.24) is 0 Å². The summed E-state index contributed by atoms with van der Waals surface area (Å²) >= 11 is 0. The zero-order valence-electron chi connectivity index (χ0n) is 8.52. The molecule has 1 aromatic carbocycles. The number of allylic oxidation sites excluding steroid dienone is 1. The molecular weight excluding hydrogens is 177 g/mol. The fourth-order valence-electron chi connectivity index (χ4n) is 2.15. The van der Waals surface area contributed by atoms with E-state index in [4.69, 9.17) is 5.73 Å². The summed E-state index contributed by atoms with van der Waals surface area (Å²) in [5.74, 6) is -0.144. The van der Waals surface area contributed by atoms with Gasteiger partial charge >= 0.3 is 0 Å². The molecule has 0 amide bonds. The van der Waals surface area contributed by atoms with Gasteiger partial charge in [0.05, 0.1) is 0 Å². The van der Waals surface area contributed by atoms with Crippen LogP contribution < -0.4 is 5.73 Å². The number of benzene rings is 1. The minimum atomic E-state index is -0.232. The predicted octanol–water partition coefficient (Wildman–Crippen LogP) is 2.59. The van der Waals surface area contributed by atoms with Crippen LogP contribution in [0.2, 0.25) is 0 Å². The van der Waals surface area contributed by atoms with E-state index in [0.717, 1.165) is 22.3 Å². The fourth-order valence-corrected chi connectivity index (χ4v) is 2.15. The highest BCUT2D eigenvalue weighted by molar-refractivity contribution is 5.87. The van der Waals surface area contributed by atoms with Crippen LogP contribution in [0.3, 0.4) is 0 Å². The van der Waals surface area contributed by atoms with Crippen LogP contribution in [0.5, 0.6) is 0 Å². The van der Waals surface area contributed by atoms with Gasteiger partial charge in [0.25, 0.3) is 0 Å². The molecule has 2 N–H and O–H groups in total. The van der Waals surface area contributed by atoms with E-state index in [1.807, 2.05) is 13.8 Å². The van der Waals surface area contributed by atoms with E-state index in [9.17, 15) is 4.39 Å². The molecule has 0 radical (unpaired) electrons. The Kier molecular flexibility index (Phi) is 1.80. The van der Waals surface area contributed by atoms with Crippen molar-refractivity contribution in [3.05, 3.63) is 41.2 Å². The Hall–Kier alpha value is -1.15. The van der Waals surface area contributed by atoms with Crippen LogP contribution in [0.4, 0.5) is 4.39 Å². The lowest BCUT2D eigenvalue weighted by molar-refractivity contribution is 0.540. The van der Waals surface area contributed by atoms with E-state index < -0.39 is 0 Å². The molecule has 0 heterocycles. The van der Waals surface area contributed by atoms with Crippen LogP contribution in [0.15, 0.2) is 18.7 Å². The minimum absolute atomic E-state index is 0.144. The highest BCUT2D eigenvalue weighted by Crippen LogP contribution is 2.52. The van der Waals surface area contributed by atoms with Crippen molar-refractivity contribution in [2.24, 2.45) is 5.73 Å². The summed E-state index contributed by atoms with van der Waals surface area (Å²) in [7, 11) is 0. The third-order valence-corrected chi connectivity index (χ3v) is 3.14. The van der Waals surface area contributed by atoms with Crippen molar-refractivity contribution in [2.45, 2.75) is 25.8 Å². The first kappa shape index (κ1) is 9.41. The molecule has 2 heteroatoms. The summed E-state index contributed by atoms with van der Waals surface area (Å²) in [6, 6.07) is 3.24. The van der Waals surface area contributed by atoms with Gasteiger partial charge in [-0.05, 0) is 22.8 Å². The highest BCUT2D eigenvalue weighted by Gasteiger charge is 2.41. The van der Waals surface area contributed by atoms with E-state index in [-0.39, 0.29) is 11.2 Å². The second-order valence-corrected chi connectivity index (χ2v) is 4.26. The molecule has 0 aliphatic heterocycles. The maximum absolute atomic E-state index is 13.5. The quantitative estimate of drug-likeness (QED) is 0.725. The first-order chi connectivity index (χ1) is 6.50. The lowest BCUT2D eigenvalue weighted by Crippen LogP contribution is -2.33. The van der Waals surface area contributed by atoms with Gasteiger partial charge in [-0.3, -0.25) is 0 Å². The van der Waals surface area contributed by atoms with E-state index in [1.54, 1.807) is 6.07 Å². The van der Waals surface area contributed by atoms with Crippen molar-refractivity contribution < 1.29 is 4.39 Å². The van der Waals surface area contributed by atoms with Gasteiger partial charge in [-0.25, -0.2) is 4.39 Å². The lowest BCUT2D eigenvalue weighted by atomic mass is 9.61. The second kappa shape index (κ2) is 2.67. The first-order valence-corrected chi connectivity index (χ1v) is 4.72. The summed E-state index contributed by atoms with van der Waals surface area (Å²) in [6.07, 6.45) is 0. The standard InChI is InChI=1S/C12H14FN/c1-7-10-8(6-14)4-5-9(13)11(10)12(7,2)3/h4-5H,1,6,14H2,2-3H3. The first-order valence-electron chi connectivity index (χ1n) is 4.72. The Morgan fingerprint density at radius 2 is 2.07 bits per heavy atom. The smallest absolute Gasteiger partial charge is 0.127 e. The maximum atomic E-state index is 13.5. The molecule has 2 rings (SSSR count). The van der Waals surface area contributed by atoms with Crippen LogP contribution in [0.25, 0.3) is 5.57 Å². The molecule has 14 heavy (non-hydrogen) atoms. The zero-order chi connectivity index (χ0) is 10.5. The number of halogens is 1. The molecule has 0 atom stereocenters. The van der Waals surface area contributed by atoms with Crippen LogP contribution >= 0.6 is 0 Å². The molecule has 0 spiro atoms. The number of nitrogens with two attached hydrogens (primary N) is 1. The Morgan fingerprint density at radius 3 is 2.64 bits per heavy atom. The molecule has 0 saturated carbocycles. The average molecular weight is 191 g/mol. The van der Waals surface area contributed by atoms with Gasteiger partial charge in [0.2, 0.25) is 0 Å². The van der Waals surface area contributed by atoms with Crippen LogP contribution in [-0.4, -0.2) is 0 Å². The van der Waals surface area contributed by atoms with Crippen molar-refractivity contribution in [2.75, 3.05) is 0 Å². The Balaban J connectivity index is 2.71. The summed E-state index contributed by atoms with van der Waals surface area (Å²) in [4.78, 5) is 0. The summed E-state index contributed by atoms with van der Waals surface area (Å²) < 4.78 is 13.5. The SMILES string of the molecule is C=C1c2c(CN)ccc(F)c2C1(C)C. The van der Waals surface area contributed by atoms with Gasteiger partial charge in [0.15, 0.2) is 0 Å². The van der Waals surface area contributed by atoms with Gasteiger partial charge in [-0.1, -0.05) is 26.5 Å². The van der Waals surface area contributed by atoms with Crippen molar-refractivity contribution in [1.29, 1.82) is 0 Å². The van der Waals surface area contributed by atoms with Crippen molar-refractivity contribution in [3.63, 3.8) is 0 Å². The zero-order valence-corrected chi connectivity index (χ0v) is 8.52. The highest BCUT2D eigenvalue weighted by atomic mass is 19.1. The summed E-state index contributed by atoms with van der Waals surface area (Å²) in [5, 5.41) is 0. The van der Waals surface area contributed by atoms with Crippen LogP contribution in [0.1, 0.15) is 30.5 Å². The molecule has 1 aromatic rings. The molecule has 1 aliphatic carbocycles. The Labute approximate surface area is 83.4 Å². The molecule has 74 valence electrons. The van der Waals surface area contributed by atoms with Gasteiger partial charge in [-0.15, -0.1) is 0 Å². The molecular formula is C12H14FN. The Bertz CT molecular complexity index is 419. The lowest BCUT2D eigenvalue weighted by Gasteiger charge is -2.42. The molecule has 0 bridgehead atoms. The number of fused-ring (bicyclic) bond motifs is 1. The van der Waals surface area contributed by atoms with Crippen molar-refractivity contribution >= 4 is 5.57 Å². The van der Waals surface area contributed by atoms with Gasteiger partial charge in [0.1, 0.15) is 5.82 Å². The van der Waals surface area contributed by atoms with Gasteiger partial charge in [0, 0.05) is 17.5 Å². The molecule has 0 fully saturated rings. The minimum Gasteiger partial charge on any atom is -0.326 e.